The van der Waals surface area contributed by atoms with Crippen LogP contribution in [0.4, 0.5) is 10.3 Å². The first-order valence-electron chi connectivity index (χ1n) is 10.5. The van der Waals surface area contributed by atoms with Crippen molar-refractivity contribution in [1.82, 2.24) is 14.9 Å². The van der Waals surface area contributed by atoms with E-state index in [1.165, 1.54) is 0 Å². The maximum absolute atomic E-state index is 13.0. The number of nitrogens with zero attached hydrogens (tertiary/aromatic N) is 2. The van der Waals surface area contributed by atoms with Gasteiger partial charge < -0.3 is 26.0 Å². The number of carbonyl (C=O) groups is 1. The van der Waals surface area contributed by atoms with Crippen LogP contribution in [-0.2, 0) is 16.2 Å². The molecule has 10 nitrogen and oxygen atoms in total. The molecule has 0 spiro atoms. The van der Waals surface area contributed by atoms with Gasteiger partial charge in [-0.2, -0.15) is 9.93 Å². The standard InChI is InChI=1S/C23H23FN4O6/c24-34-19-18(30)17(12-29)33-22(19)28-11-16(20(25)27-23(28)32)21(31)26-10-13-6-8-15(9-7-13)14-4-2-1-3-5-14/h1-9,11,17-19,22,29-30H,10,12H2,(H,26,31)(H2,25,27,32)/t17-,18+,19-,22-/m1/s1. The number of anilines is 1. The summed E-state index contributed by atoms with van der Waals surface area (Å²) in [5, 5.41) is 22.0. The van der Waals surface area contributed by atoms with E-state index in [4.69, 9.17) is 10.5 Å². The van der Waals surface area contributed by atoms with E-state index in [9.17, 15) is 24.3 Å². The molecule has 3 aromatic rings. The number of aliphatic hydroxyl groups is 2. The minimum atomic E-state index is -1.61. The van der Waals surface area contributed by atoms with Crippen LogP contribution in [0.1, 0.15) is 22.1 Å². The fraction of sp³-hybridized carbons (Fsp3) is 0.261. The van der Waals surface area contributed by atoms with Crippen molar-refractivity contribution in [1.29, 1.82) is 0 Å². The Morgan fingerprint density at radius 1 is 1.18 bits per heavy atom. The molecular weight excluding hydrogens is 447 g/mol. The van der Waals surface area contributed by atoms with E-state index >= 15 is 0 Å². The molecule has 0 radical (unpaired) electrons. The number of ether oxygens (including phenoxy) is 1. The van der Waals surface area contributed by atoms with Gasteiger partial charge in [0.25, 0.3) is 5.91 Å². The number of rotatable bonds is 7. The highest BCUT2D eigenvalue weighted by atomic mass is 19.3. The molecule has 5 N–H and O–H groups in total. The topological polar surface area (TPSA) is 149 Å². The summed E-state index contributed by atoms with van der Waals surface area (Å²) in [6, 6.07) is 17.4. The van der Waals surface area contributed by atoms with E-state index in [2.05, 4.69) is 15.2 Å². The minimum absolute atomic E-state index is 0.149. The van der Waals surface area contributed by atoms with E-state index in [1.54, 1.807) is 0 Å². The molecule has 1 saturated heterocycles. The molecule has 1 aromatic heterocycles. The van der Waals surface area contributed by atoms with Crippen molar-refractivity contribution in [2.45, 2.75) is 31.1 Å². The number of nitrogens with one attached hydrogen (secondary N) is 1. The van der Waals surface area contributed by atoms with Crippen molar-refractivity contribution in [2.75, 3.05) is 12.3 Å². The van der Waals surface area contributed by atoms with Gasteiger partial charge in [-0.15, -0.1) is 0 Å². The highest BCUT2D eigenvalue weighted by Gasteiger charge is 2.47. The van der Waals surface area contributed by atoms with Gasteiger partial charge in [-0.25, -0.2) is 4.79 Å². The van der Waals surface area contributed by atoms with Crippen LogP contribution in [0.3, 0.4) is 0 Å². The predicted molar refractivity (Wildman–Crippen MR) is 119 cm³/mol. The maximum atomic E-state index is 13.0. The molecular formula is C23H23FN4O6. The summed E-state index contributed by atoms with van der Waals surface area (Å²) < 4.78 is 19.2. The Morgan fingerprint density at radius 3 is 2.50 bits per heavy atom. The monoisotopic (exact) mass is 470 g/mol. The zero-order valence-corrected chi connectivity index (χ0v) is 17.9. The number of halogens is 1. The van der Waals surface area contributed by atoms with Gasteiger partial charge in [0.2, 0.25) is 0 Å². The number of nitrogens with two attached hydrogens (primary N) is 1. The first-order valence-corrected chi connectivity index (χ1v) is 10.5. The Balaban J connectivity index is 1.50. The first-order chi connectivity index (χ1) is 16.4. The van der Waals surface area contributed by atoms with Crippen LogP contribution < -0.4 is 16.7 Å². The molecule has 2 aromatic carbocycles. The lowest BCUT2D eigenvalue weighted by Crippen LogP contribution is -2.38. The highest BCUT2D eigenvalue weighted by molar-refractivity contribution is 5.97. The molecule has 0 bridgehead atoms. The van der Waals surface area contributed by atoms with Crippen LogP contribution in [0, 0.1) is 0 Å². The van der Waals surface area contributed by atoms with Gasteiger partial charge >= 0.3 is 5.69 Å². The largest absolute Gasteiger partial charge is 0.394 e. The van der Waals surface area contributed by atoms with E-state index in [-0.39, 0.29) is 17.9 Å². The van der Waals surface area contributed by atoms with Gasteiger partial charge in [-0.3, -0.25) is 9.36 Å². The van der Waals surface area contributed by atoms with Crippen LogP contribution in [0.2, 0.25) is 0 Å². The summed E-state index contributed by atoms with van der Waals surface area (Å²) >= 11 is 0. The van der Waals surface area contributed by atoms with E-state index in [0.717, 1.165) is 27.5 Å². The smallest absolute Gasteiger partial charge is 0.351 e. The third kappa shape index (κ3) is 4.68. The fourth-order valence-corrected chi connectivity index (χ4v) is 3.75. The molecule has 0 saturated carbocycles. The molecule has 4 atom stereocenters. The number of nitrogen functional groups attached to an aromatic ring is 1. The molecule has 34 heavy (non-hydrogen) atoms. The van der Waals surface area contributed by atoms with Crippen LogP contribution >= 0.6 is 0 Å². The highest BCUT2D eigenvalue weighted by Crippen LogP contribution is 2.31. The molecule has 1 fully saturated rings. The quantitative estimate of drug-likeness (QED) is 0.399. The number of carbonyl (C=O) groups excluding carboxylic acids is 1. The third-order valence-corrected chi connectivity index (χ3v) is 5.61. The molecule has 178 valence electrons. The third-order valence-electron chi connectivity index (χ3n) is 5.61. The van der Waals surface area contributed by atoms with Crippen LogP contribution in [0.15, 0.2) is 65.6 Å². The Hall–Kier alpha value is -3.64. The van der Waals surface area contributed by atoms with Gasteiger partial charge in [-0.05, 0) is 21.2 Å². The fourth-order valence-electron chi connectivity index (χ4n) is 3.75. The minimum Gasteiger partial charge on any atom is -0.394 e. The first kappa shape index (κ1) is 23.5. The van der Waals surface area contributed by atoms with Gasteiger partial charge in [0.15, 0.2) is 12.3 Å². The van der Waals surface area contributed by atoms with E-state index < -0.39 is 42.7 Å². The molecule has 1 amide bonds. The van der Waals surface area contributed by atoms with Crippen molar-refractivity contribution in [3.05, 3.63) is 82.4 Å². The van der Waals surface area contributed by atoms with Crippen molar-refractivity contribution in [2.24, 2.45) is 0 Å². The lowest BCUT2D eigenvalue weighted by Gasteiger charge is -2.19. The van der Waals surface area contributed by atoms with Crippen molar-refractivity contribution >= 4 is 11.7 Å². The Bertz CT molecular complexity index is 1200. The summed E-state index contributed by atoms with van der Waals surface area (Å²) in [6.07, 6.45) is -4.75. The zero-order chi connectivity index (χ0) is 24.2. The molecule has 2 heterocycles. The van der Waals surface area contributed by atoms with E-state index in [0.29, 0.717) is 0 Å². The van der Waals surface area contributed by atoms with Crippen LogP contribution in [-0.4, -0.2) is 50.6 Å². The number of hydrogen-bond acceptors (Lipinski definition) is 8. The Morgan fingerprint density at radius 2 is 1.85 bits per heavy atom. The Labute approximate surface area is 193 Å². The average Bonchev–Trinajstić information content (AvgIpc) is 3.18. The summed E-state index contributed by atoms with van der Waals surface area (Å²) in [5.74, 6) is -0.950. The normalized spacial score (nSPS) is 22.0. The molecule has 1 aliphatic heterocycles. The molecule has 4 rings (SSSR count). The Kier molecular flexibility index (Phi) is 6.98. The van der Waals surface area contributed by atoms with Crippen LogP contribution in [0.25, 0.3) is 11.1 Å². The summed E-state index contributed by atoms with van der Waals surface area (Å²) in [7, 11) is 0. The molecule has 11 heteroatoms. The average molecular weight is 470 g/mol. The second-order valence-electron chi connectivity index (χ2n) is 7.77. The van der Waals surface area contributed by atoms with Crippen molar-refractivity contribution < 1.29 is 29.2 Å². The van der Waals surface area contributed by atoms with Gasteiger partial charge in [-0.1, -0.05) is 54.6 Å². The number of aliphatic hydroxyl groups excluding tert-OH is 2. The van der Waals surface area contributed by atoms with E-state index in [1.807, 2.05) is 54.6 Å². The molecule has 0 aliphatic carbocycles. The molecule has 1 aliphatic rings. The predicted octanol–water partition coefficient (Wildman–Crippen LogP) is 0.943. The summed E-state index contributed by atoms with van der Waals surface area (Å²) in [6.45, 7) is -0.459. The second kappa shape index (κ2) is 10.1. The number of amides is 1. The summed E-state index contributed by atoms with van der Waals surface area (Å²) in [4.78, 5) is 32.4. The van der Waals surface area contributed by atoms with Crippen LogP contribution in [0.5, 0.6) is 0 Å². The van der Waals surface area contributed by atoms with Crippen molar-refractivity contribution in [3.8, 4) is 11.1 Å². The SMILES string of the molecule is Nc1nc(=O)n([C@@H]2O[C@H](CO)[C@H](O)[C@H]2OF)cc1C(=O)NCc1ccc(-c2ccccc2)cc1. The zero-order valence-electron chi connectivity index (χ0n) is 17.9. The lowest BCUT2D eigenvalue weighted by atomic mass is 10.0. The summed E-state index contributed by atoms with van der Waals surface area (Å²) in [5.41, 5.74) is 7.60. The number of benzene rings is 2. The van der Waals surface area contributed by atoms with Gasteiger partial charge in [0.1, 0.15) is 18.0 Å². The second-order valence-corrected chi connectivity index (χ2v) is 7.77. The number of hydrogen-bond donors (Lipinski definition) is 4. The number of aromatic nitrogens is 2. The maximum Gasteiger partial charge on any atom is 0.351 e. The lowest BCUT2D eigenvalue weighted by molar-refractivity contribution is -0.221. The molecule has 0 unspecified atom stereocenters. The van der Waals surface area contributed by atoms with Gasteiger partial charge in [0, 0.05) is 12.7 Å². The van der Waals surface area contributed by atoms with Gasteiger partial charge in [0.05, 0.1) is 12.2 Å². The van der Waals surface area contributed by atoms with Crippen molar-refractivity contribution in [3.63, 3.8) is 0 Å².